The van der Waals surface area contributed by atoms with Crippen LogP contribution in [0.5, 0.6) is 5.75 Å². The van der Waals surface area contributed by atoms with Crippen molar-refractivity contribution >= 4 is 11.6 Å². The first-order chi connectivity index (χ1) is 10.1. The molecular weight excluding hydrogens is 262 g/mol. The van der Waals surface area contributed by atoms with Crippen molar-refractivity contribution in [1.29, 1.82) is 0 Å². The Morgan fingerprint density at radius 1 is 1.24 bits per heavy atom. The number of ether oxygens (including phenoxy) is 1. The van der Waals surface area contributed by atoms with Crippen molar-refractivity contribution in [1.82, 2.24) is 0 Å². The molecule has 0 aliphatic rings. The molecule has 106 valence electrons. The van der Waals surface area contributed by atoms with Crippen molar-refractivity contribution in [2.24, 2.45) is 0 Å². The summed E-state index contributed by atoms with van der Waals surface area (Å²) in [6.45, 7) is 3.71. The predicted octanol–water partition coefficient (Wildman–Crippen LogP) is 3.38. The lowest BCUT2D eigenvalue weighted by molar-refractivity contribution is -0.122. The fraction of sp³-hybridized carbons (Fsp3) is 0.167. The minimum absolute atomic E-state index is 0.218. The molecule has 1 N–H and O–H groups in total. The number of rotatable bonds is 4. The lowest BCUT2D eigenvalue weighted by Crippen LogP contribution is -2.30. The SMILES string of the molecule is C#Cc1cccc(NC(=O)C(C)Oc2ccc(C)cc2)c1. The number of aryl methyl sites for hydroxylation is 1. The minimum atomic E-state index is -0.595. The van der Waals surface area contributed by atoms with Crippen molar-refractivity contribution in [3.8, 4) is 18.1 Å². The minimum Gasteiger partial charge on any atom is -0.481 e. The van der Waals surface area contributed by atoms with Crippen molar-refractivity contribution in [2.45, 2.75) is 20.0 Å². The summed E-state index contributed by atoms with van der Waals surface area (Å²) in [4.78, 5) is 12.1. The van der Waals surface area contributed by atoms with Gasteiger partial charge in [-0.1, -0.05) is 29.7 Å². The second kappa shape index (κ2) is 6.62. The third-order valence-corrected chi connectivity index (χ3v) is 3.00. The summed E-state index contributed by atoms with van der Waals surface area (Å²) in [7, 11) is 0. The number of carbonyl (C=O) groups is 1. The Morgan fingerprint density at radius 2 is 1.95 bits per heavy atom. The van der Waals surface area contributed by atoms with Crippen LogP contribution in [-0.2, 0) is 4.79 Å². The molecule has 21 heavy (non-hydrogen) atoms. The van der Waals surface area contributed by atoms with Crippen LogP contribution in [0.3, 0.4) is 0 Å². The number of carbonyl (C=O) groups excluding carboxylic acids is 1. The van der Waals surface area contributed by atoms with Crippen molar-refractivity contribution < 1.29 is 9.53 Å². The summed E-state index contributed by atoms with van der Waals surface area (Å²) >= 11 is 0. The summed E-state index contributed by atoms with van der Waals surface area (Å²) < 4.78 is 5.61. The van der Waals surface area contributed by atoms with Gasteiger partial charge in [-0.3, -0.25) is 4.79 Å². The summed E-state index contributed by atoms with van der Waals surface area (Å²) in [6, 6.07) is 14.7. The first-order valence-electron chi connectivity index (χ1n) is 6.69. The Bertz CT molecular complexity index is 668. The first-order valence-corrected chi connectivity index (χ1v) is 6.69. The number of amides is 1. The Morgan fingerprint density at radius 3 is 2.62 bits per heavy atom. The molecule has 2 aromatic carbocycles. The average Bonchev–Trinajstić information content (AvgIpc) is 2.49. The highest BCUT2D eigenvalue weighted by atomic mass is 16.5. The van der Waals surface area contributed by atoms with E-state index in [1.54, 1.807) is 25.1 Å². The van der Waals surface area contributed by atoms with E-state index in [0.717, 1.165) is 11.1 Å². The van der Waals surface area contributed by atoms with Crippen LogP contribution in [0, 0.1) is 19.3 Å². The molecule has 3 heteroatoms. The second-order valence-electron chi connectivity index (χ2n) is 4.79. The lowest BCUT2D eigenvalue weighted by atomic mass is 10.2. The van der Waals surface area contributed by atoms with Crippen LogP contribution in [0.15, 0.2) is 48.5 Å². The van der Waals surface area contributed by atoms with Gasteiger partial charge in [-0.15, -0.1) is 6.42 Å². The molecule has 0 heterocycles. The maximum absolute atomic E-state index is 12.1. The molecule has 0 aliphatic carbocycles. The molecule has 0 aromatic heterocycles. The second-order valence-corrected chi connectivity index (χ2v) is 4.79. The van der Waals surface area contributed by atoms with E-state index in [1.165, 1.54) is 0 Å². The van der Waals surface area contributed by atoms with Gasteiger partial charge >= 0.3 is 0 Å². The van der Waals surface area contributed by atoms with Gasteiger partial charge in [-0.05, 0) is 44.2 Å². The predicted molar refractivity (Wildman–Crippen MR) is 84.3 cm³/mol. The smallest absolute Gasteiger partial charge is 0.265 e. The largest absolute Gasteiger partial charge is 0.481 e. The number of hydrogen-bond acceptors (Lipinski definition) is 2. The van der Waals surface area contributed by atoms with Crippen LogP contribution in [0.4, 0.5) is 5.69 Å². The molecule has 0 bridgehead atoms. The van der Waals surface area contributed by atoms with E-state index in [0.29, 0.717) is 11.4 Å². The van der Waals surface area contributed by atoms with Crippen LogP contribution in [-0.4, -0.2) is 12.0 Å². The van der Waals surface area contributed by atoms with Crippen LogP contribution < -0.4 is 10.1 Å². The Labute approximate surface area is 125 Å². The number of anilines is 1. The molecule has 0 fully saturated rings. The van der Waals surface area contributed by atoms with E-state index in [2.05, 4.69) is 11.2 Å². The quantitative estimate of drug-likeness (QED) is 0.871. The van der Waals surface area contributed by atoms with Crippen LogP contribution in [0.2, 0.25) is 0 Å². The molecule has 0 radical (unpaired) electrons. The third kappa shape index (κ3) is 4.12. The monoisotopic (exact) mass is 279 g/mol. The molecule has 1 atom stereocenters. The zero-order chi connectivity index (χ0) is 15.2. The zero-order valence-electron chi connectivity index (χ0n) is 12.1. The van der Waals surface area contributed by atoms with Gasteiger partial charge in [0.15, 0.2) is 6.10 Å². The molecule has 0 aliphatic heterocycles. The maximum Gasteiger partial charge on any atom is 0.265 e. The van der Waals surface area contributed by atoms with Crippen molar-refractivity contribution in [2.75, 3.05) is 5.32 Å². The van der Waals surface area contributed by atoms with Gasteiger partial charge in [-0.2, -0.15) is 0 Å². The van der Waals surface area contributed by atoms with E-state index in [1.807, 2.05) is 37.3 Å². The molecule has 0 spiro atoms. The summed E-state index contributed by atoms with van der Waals surface area (Å²) in [5, 5.41) is 2.79. The molecule has 1 amide bonds. The van der Waals surface area contributed by atoms with Crippen molar-refractivity contribution in [3.63, 3.8) is 0 Å². The Hall–Kier alpha value is -2.73. The molecule has 2 aromatic rings. The summed E-state index contributed by atoms with van der Waals surface area (Å²) in [5.41, 5.74) is 2.53. The van der Waals surface area contributed by atoms with Crippen LogP contribution in [0.1, 0.15) is 18.1 Å². The fourth-order valence-corrected chi connectivity index (χ4v) is 1.81. The van der Waals surface area contributed by atoms with Gasteiger partial charge in [0.05, 0.1) is 0 Å². The number of nitrogens with one attached hydrogen (secondary N) is 1. The average molecular weight is 279 g/mol. The summed E-state index contributed by atoms with van der Waals surface area (Å²) in [6.07, 6.45) is 4.74. The standard InChI is InChI=1S/C18H17NO2/c1-4-15-6-5-7-16(12-15)19-18(20)14(3)21-17-10-8-13(2)9-11-17/h1,5-12,14H,2-3H3,(H,19,20). The summed E-state index contributed by atoms with van der Waals surface area (Å²) in [5.74, 6) is 2.98. The van der Waals surface area contributed by atoms with Gasteiger partial charge < -0.3 is 10.1 Å². The molecule has 0 saturated carbocycles. The zero-order valence-corrected chi connectivity index (χ0v) is 12.1. The van der Waals surface area contributed by atoms with Gasteiger partial charge in [0.1, 0.15) is 5.75 Å². The van der Waals surface area contributed by atoms with E-state index in [9.17, 15) is 4.79 Å². The molecule has 2 rings (SSSR count). The van der Waals surface area contributed by atoms with Crippen molar-refractivity contribution in [3.05, 3.63) is 59.7 Å². The van der Waals surface area contributed by atoms with E-state index < -0.39 is 6.10 Å². The highest BCUT2D eigenvalue weighted by molar-refractivity contribution is 5.94. The fourth-order valence-electron chi connectivity index (χ4n) is 1.81. The normalized spacial score (nSPS) is 11.3. The molecule has 3 nitrogen and oxygen atoms in total. The number of benzene rings is 2. The van der Waals surface area contributed by atoms with Gasteiger partial charge in [0, 0.05) is 11.3 Å². The number of terminal acetylenes is 1. The van der Waals surface area contributed by atoms with Gasteiger partial charge in [-0.25, -0.2) is 0 Å². The maximum atomic E-state index is 12.1. The molecular formula is C18H17NO2. The molecule has 0 saturated heterocycles. The van der Waals surface area contributed by atoms with E-state index in [-0.39, 0.29) is 5.91 Å². The molecule has 1 unspecified atom stereocenters. The van der Waals surface area contributed by atoms with E-state index >= 15 is 0 Å². The van der Waals surface area contributed by atoms with Crippen LogP contribution >= 0.6 is 0 Å². The lowest BCUT2D eigenvalue weighted by Gasteiger charge is -2.15. The highest BCUT2D eigenvalue weighted by Gasteiger charge is 2.14. The number of hydrogen-bond donors (Lipinski definition) is 1. The van der Waals surface area contributed by atoms with E-state index in [4.69, 9.17) is 11.2 Å². The highest BCUT2D eigenvalue weighted by Crippen LogP contribution is 2.15. The van der Waals surface area contributed by atoms with Crippen LogP contribution in [0.25, 0.3) is 0 Å². The van der Waals surface area contributed by atoms with Gasteiger partial charge in [0.25, 0.3) is 5.91 Å². The first kappa shape index (κ1) is 14.7. The Kier molecular flexibility index (Phi) is 4.63. The topological polar surface area (TPSA) is 38.3 Å². The Balaban J connectivity index is 1.99. The third-order valence-electron chi connectivity index (χ3n) is 3.00. The van der Waals surface area contributed by atoms with Gasteiger partial charge in [0.2, 0.25) is 0 Å².